The van der Waals surface area contributed by atoms with E-state index in [-0.39, 0.29) is 11.1 Å². The first-order chi connectivity index (χ1) is 9.04. The third-order valence-corrected chi connectivity index (χ3v) is 3.39. The summed E-state index contributed by atoms with van der Waals surface area (Å²) in [5.74, 6) is -0.714. The van der Waals surface area contributed by atoms with Gasteiger partial charge in [-0.3, -0.25) is 0 Å². The molecule has 0 radical (unpaired) electrons. The van der Waals surface area contributed by atoms with E-state index in [0.717, 1.165) is 6.07 Å². The van der Waals surface area contributed by atoms with E-state index in [1.54, 1.807) is 0 Å². The molecule has 0 bridgehead atoms. The van der Waals surface area contributed by atoms with Gasteiger partial charge in [-0.15, -0.1) is 3.89 Å². The lowest BCUT2D eigenvalue weighted by Crippen LogP contribution is -2.06. The Hall–Kier alpha value is -1.91. The van der Waals surface area contributed by atoms with Crippen molar-refractivity contribution in [3.8, 4) is 5.75 Å². The molecule has 1 aromatic carbocycles. The van der Waals surface area contributed by atoms with Crippen LogP contribution in [0.5, 0.6) is 5.75 Å². The fraction of sp³-hybridized carbons (Fsp3) is 0.250. The first-order valence-electron chi connectivity index (χ1n) is 4.77. The predicted molar refractivity (Wildman–Crippen MR) is 63.0 cm³/mol. The molecule has 0 amide bonds. The summed E-state index contributed by atoms with van der Waals surface area (Å²) < 4.78 is 71.8. The highest BCUT2D eigenvalue weighted by atomic mass is 32.3. The van der Waals surface area contributed by atoms with Gasteiger partial charge >= 0.3 is 20.7 Å². The molecule has 0 N–H and O–H groups in total. The van der Waals surface area contributed by atoms with E-state index in [2.05, 4.69) is 14.2 Å². The average molecular weight is 327 g/mol. The SMILES string of the molecule is Cc1c(CN=[N+]=[N-])cc(S(=O)(=O)F)cc1OS(=O)(=O)F. The van der Waals surface area contributed by atoms with E-state index in [1.165, 1.54) is 6.92 Å². The summed E-state index contributed by atoms with van der Waals surface area (Å²) in [4.78, 5) is 1.48. The molecule has 0 heterocycles. The monoisotopic (exact) mass is 327 g/mol. The van der Waals surface area contributed by atoms with Gasteiger partial charge in [-0.25, -0.2) is 0 Å². The summed E-state index contributed by atoms with van der Waals surface area (Å²) in [5.41, 5.74) is 8.15. The second-order valence-electron chi connectivity index (χ2n) is 3.51. The number of halogens is 2. The van der Waals surface area contributed by atoms with Crippen molar-refractivity contribution in [1.82, 2.24) is 0 Å². The van der Waals surface area contributed by atoms with Crippen molar-refractivity contribution in [3.63, 3.8) is 0 Å². The minimum atomic E-state index is -5.42. The molecule has 0 fully saturated rings. The Morgan fingerprint density at radius 1 is 1.30 bits per heavy atom. The number of hydrogen-bond acceptors (Lipinski definition) is 6. The van der Waals surface area contributed by atoms with Crippen LogP contribution in [0.15, 0.2) is 22.1 Å². The second kappa shape index (κ2) is 5.61. The number of hydrogen-bond donors (Lipinski definition) is 0. The summed E-state index contributed by atoms with van der Waals surface area (Å²) in [5, 5.41) is 3.13. The van der Waals surface area contributed by atoms with E-state index in [9.17, 15) is 24.6 Å². The van der Waals surface area contributed by atoms with Gasteiger partial charge in [0.2, 0.25) is 0 Å². The maximum absolute atomic E-state index is 12.9. The molecular formula is C8H7F2N3O5S2. The van der Waals surface area contributed by atoms with Gasteiger partial charge in [0, 0.05) is 11.0 Å². The molecule has 0 aliphatic heterocycles. The van der Waals surface area contributed by atoms with Gasteiger partial charge in [0.1, 0.15) is 10.6 Å². The first-order valence-corrected chi connectivity index (χ1v) is 7.47. The Balaban J connectivity index is 3.53. The summed E-state index contributed by atoms with van der Waals surface area (Å²) in [7, 11) is -10.6. The van der Waals surface area contributed by atoms with Gasteiger partial charge in [0.15, 0.2) is 0 Å². The number of azide groups is 1. The Morgan fingerprint density at radius 2 is 1.90 bits per heavy atom. The summed E-state index contributed by atoms with van der Waals surface area (Å²) in [6, 6.07) is 1.35. The normalized spacial score (nSPS) is 11.8. The van der Waals surface area contributed by atoms with Gasteiger partial charge in [-0.05, 0) is 29.6 Å². The molecule has 0 atom stereocenters. The van der Waals surface area contributed by atoms with E-state index in [1.807, 2.05) is 0 Å². The molecule has 1 aromatic rings. The molecule has 0 spiro atoms. The molecule has 110 valence electrons. The standard InChI is InChI=1S/C8H7F2N3O5S2/c1-5-6(4-12-13-11)2-7(19(9,14)15)3-8(5)18-20(10,16)17/h2-3H,4H2,1H3. The molecule has 1 rings (SSSR count). The number of rotatable bonds is 5. The van der Waals surface area contributed by atoms with Crippen LogP contribution >= 0.6 is 0 Å². The largest absolute Gasteiger partial charge is 0.488 e. The lowest BCUT2D eigenvalue weighted by Gasteiger charge is -2.10. The van der Waals surface area contributed by atoms with Crippen LogP contribution in [-0.4, -0.2) is 16.8 Å². The Kier molecular flexibility index (Phi) is 4.53. The zero-order valence-corrected chi connectivity index (χ0v) is 11.5. The maximum Gasteiger partial charge on any atom is 0.488 e. The second-order valence-corrected chi connectivity index (χ2v) is 5.81. The van der Waals surface area contributed by atoms with Crippen LogP contribution in [0.4, 0.5) is 7.77 Å². The topological polar surface area (TPSA) is 126 Å². The Morgan fingerprint density at radius 3 is 2.35 bits per heavy atom. The van der Waals surface area contributed by atoms with E-state index < -0.39 is 37.9 Å². The van der Waals surface area contributed by atoms with Crippen LogP contribution in [0, 0.1) is 6.92 Å². The molecule has 12 heteroatoms. The number of nitrogens with zero attached hydrogens (tertiary/aromatic N) is 3. The van der Waals surface area contributed by atoms with Crippen molar-refractivity contribution in [2.45, 2.75) is 18.4 Å². The van der Waals surface area contributed by atoms with Gasteiger partial charge in [0.25, 0.3) is 0 Å². The quantitative estimate of drug-likeness (QED) is 0.354. The molecule has 0 saturated carbocycles. The van der Waals surface area contributed by atoms with E-state index in [4.69, 9.17) is 5.53 Å². The third kappa shape index (κ3) is 4.33. The van der Waals surface area contributed by atoms with Crippen molar-refractivity contribution in [1.29, 1.82) is 0 Å². The molecule has 0 saturated heterocycles. The highest BCUT2D eigenvalue weighted by Gasteiger charge is 2.20. The fourth-order valence-electron chi connectivity index (χ4n) is 1.32. The smallest absolute Gasteiger partial charge is 0.358 e. The predicted octanol–water partition coefficient (Wildman–Crippen LogP) is 2.06. The zero-order chi connectivity index (χ0) is 15.6. The van der Waals surface area contributed by atoms with Crippen molar-refractivity contribution < 1.29 is 28.8 Å². The molecule has 20 heavy (non-hydrogen) atoms. The highest BCUT2D eigenvalue weighted by molar-refractivity contribution is 7.86. The minimum Gasteiger partial charge on any atom is -0.358 e. The van der Waals surface area contributed by atoms with Crippen LogP contribution in [0.25, 0.3) is 10.4 Å². The van der Waals surface area contributed by atoms with Gasteiger partial charge < -0.3 is 4.18 Å². The molecule has 0 unspecified atom stereocenters. The summed E-state index contributed by atoms with van der Waals surface area (Å²) >= 11 is 0. The van der Waals surface area contributed by atoms with Gasteiger partial charge in [-0.1, -0.05) is 9.00 Å². The molecule has 0 aliphatic carbocycles. The van der Waals surface area contributed by atoms with Crippen molar-refractivity contribution in [2.24, 2.45) is 5.11 Å². The molecule has 0 aliphatic rings. The van der Waals surface area contributed by atoms with Crippen molar-refractivity contribution in [2.75, 3.05) is 0 Å². The summed E-state index contributed by atoms with van der Waals surface area (Å²) in [6.45, 7) is 0.867. The lowest BCUT2D eigenvalue weighted by atomic mass is 10.1. The van der Waals surface area contributed by atoms with Crippen LogP contribution in [0.1, 0.15) is 11.1 Å². The molecule has 8 nitrogen and oxygen atoms in total. The highest BCUT2D eigenvalue weighted by Crippen LogP contribution is 2.29. The Bertz CT molecular complexity index is 785. The summed E-state index contributed by atoms with van der Waals surface area (Å²) in [6.07, 6.45) is 0. The van der Waals surface area contributed by atoms with E-state index >= 15 is 0 Å². The van der Waals surface area contributed by atoms with Gasteiger partial charge in [0.05, 0.1) is 6.54 Å². The van der Waals surface area contributed by atoms with Crippen molar-refractivity contribution in [3.05, 3.63) is 33.7 Å². The zero-order valence-electron chi connectivity index (χ0n) is 9.82. The fourth-order valence-corrected chi connectivity index (χ4v) is 2.24. The molecular weight excluding hydrogens is 320 g/mol. The van der Waals surface area contributed by atoms with E-state index in [0.29, 0.717) is 6.07 Å². The van der Waals surface area contributed by atoms with Crippen LogP contribution in [-0.2, 0) is 27.3 Å². The van der Waals surface area contributed by atoms with Crippen LogP contribution in [0.2, 0.25) is 0 Å². The minimum absolute atomic E-state index is 0.00831. The first kappa shape index (κ1) is 16.1. The van der Waals surface area contributed by atoms with Crippen molar-refractivity contribution >= 4 is 20.7 Å². The number of benzene rings is 1. The van der Waals surface area contributed by atoms with Crippen LogP contribution < -0.4 is 4.18 Å². The lowest BCUT2D eigenvalue weighted by molar-refractivity contribution is 0.437. The van der Waals surface area contributed by atoms with Gasteiger partial charge in [-0.2, -0.15) is 16.8 Å². The third-order valence-electron chi connectivity index (χ3n) is 2.22. The Labute approximate surface area is 113 Å². The average Bonchev–Trinajstić information content (AvgIpc) is 2.27. The molecule has 0 aromatic heterocycles. The maximum atomic E-state index is 12.9. The van der Waals surface area contributed by atoms with Crippen LogP contribution in [0.3, 0.4) is 0 Å².